The molecular weight excluding hydrogens is 440 g/mol. The molecule has 0 saturated carbocycles. The Morgan fingerprint density at radius 2 is 1.86 bits per heavy atom. The standard InChI is InChI=1S/C28H28N4O3/c1-34-15-16-35-23-10-11-26-25(17-23)30-19-32(26)27-12-9-22-3-2-4-24(28(22)31-27)21-7-5-20(6-8-21)18-29-13-14-33/h2-12,17,19,29,33H,13-16,18H2,1H3. The van der Waals surface area contributed by atoms with Gasteiger partial charge in [-0.05, 0) is 35.4 Å². The van der Waals surface area contributed by atoms with Crippen LogP contribution in [-0.4, -0.2) is 53.1 Å². The van der Waals surface area contributed by atoms with Crippen LogP contribution in [0.2, 0.25) is 0 Å². The molecule has 0 spiro atoms. The minimum absolute atomic E-state index is 0.137. The molecule has 2 heterocycles. The average molecular weight is 469 g/mol. The number of aliphatic hydroxyl groups is 1. The monoisotopic (exact) mass is 468 g/mol. The first kappa shape index (κ1) is 23.0. The van der Waals surface area contributed by atoms with Crippen molar-refractivity contribution >= 4 is 21.9 Å². The third-order valence-electron chi connectivity index (χ3n) is 5.91. The van der Waals surface area contributed by atoms with E-state index in [0.717, 1.165) is 51.2 Å². The number of hydrogen-bond acceptors (Lipinski definition) is 6. The van der Waals surface area contributed by atoms with Gasteiger partial charge in [-0.1, -0.05) is 42.5 Å². The number of fused-ring (bicyclic) bond motifs is 2. The molecule has 7 nitrogen and oxygen atoms in total. The van der Waals surface area contributed by atoms with Crippen molar-refractivity contribution in [2.24, 2.45) is 0 Å². The molecule has 2 aromatic heterocycles. The largest absolute Gasteiger partial charge is 0.491 e. The van der Waals surface area contributed by atoms with E-state index in [1.807, 2.05) is 28.8 Å². The number of imidazole rings is 1. The Kier molecular flexibility index (Phi) is 6.99. The van der Waals surface area contributed by atoms with E-state index in [0.29, 0.717) is 19.8 Å². The normalized spacial score (nSPS) is 11.4. The predicted octanol–water partition coefficient (Wildman–Crippen LogP) is 4.35. The number of pyridine rings is 1. The number of nitrogens with one attached hydrogen (secondary N) is 1. The number of aliphatic hydroxyl groups excluding tert-OH is 1. The zero-order valence-electron chi connectivity index (χ0n) is 19.6. The van der Waals surface area contributed by atoms with Crippen molar-refractivity contribution in [2.75, 3.05) is 33.5 Å². The summed E-state index contributed by atoms with van der Waals surface area (Å²) in [5.41, 5.74) is 6.12. The number of nitrogens with zero attached hydrogens (tertiary/aromatic N) is 3. The topological polar surface area (TPSA) is 81.4 Å². The molecular formula is C28H28N4O3. The molecule has 0 unspecified atom stereocenters. The van der Waals surface area contributed by atoms with Crippen molar-refractivity contribution in [2.45, 2.75) is 6.54 Å². The van der Waals surface area contributed by atoms with E-state index in [1.165, 1.54) is 5.56 Å². The summed E-state index contributed by atoms with van der Waals surface area (Å²) >= 11 is 0. The van der Waals surface area contributed by atoms with E-state index in [1.54, 1.807) is 13.4 Å². The van der Waals surface area contributed by atoms with Crippen LogP contribution in [0, 0.1) is 0 Å². The lowest BCUT2D eigenvalue weighted by Crippen LogP contribution is -2.17. The lowest BCUT2D eigenvalue weighted by atomic mass is 10.0. The number of hydrogen-bond donors (Lipinski definition) is 2. The highest BCUT2D eigenvalue weighted by Gasteiger charge is 2.11. The van der Waals surface area contributed by atoms with E-state index in [4.69, 9.17) is 19.6 Å². The predicted molar refractivity (Wildman–Crippen MR) is 138 cm³/mol. The van der Waals surface area contributed by atoms with Crippen molar-refractivity contribution in [1.82, 2.24) is 19.9 Å². The zero-order chi connectivity index (χ0) is 24.0. The summed E-state index contributed by atoms with van der Waals surface area (Å²) in [6, 6.07) is 24.7. The molecule has 0 saturated heterocycles. The lowest BCUT2D eigenvalue weighted by molar-refractivity contribution is 0.146. The average Bonchev–Trinajstić information content (AvgIpc) is 3.32. The van der Waals surface area contributed by atoms with Gasteiger partial charge in [-0.25, -0.2) is 9.97 Å². The number of benzene rings is 3. The minimum Gasteiger partial charge on any atom is -0.491 e. The van der Waals surface area contributed by atoms with Crippen LogP contribution >= 0.6 is 0 Å². The maximum atomic E-state index is 8.95. The van der Waals surface area contributed by atoms with Gasteiger partial charge >= 0.3 is 0 Å². The van der Waals surface area contributed by atoms with Gasteiger partial charge in [-0.15, -0.1) is 0 Å². The lowest BCUT2D eigenvalue weighted by Gasteiger charge is -2.11. The van der Waals surface area contributed by atoms with E-state index in [-0.39, 0.29) is 6.61 Å². The molecule has 0 aliphatic carbocycles. The van der Waals surface area contributed by atoms with Crippen molar-refractivity contribution in [1.29, 1.82) is 0 Å². The van der Waals surface area contributed by atoms with Crippen molar-refractivity contribution in [3.05, 3.63) is 84.7 Å². The summed E-state index contributed by atoms with van der Waals surface area (Å²) in [4.78, 5) is 9.62. The first-order chi connectivity index (χ1) is 17.3. The summed E-state index contributed by atoms with van der Waals surface area (Å²) in [7, 11) is 1.66. The quantitative estimate of drug-likeness (QED) is 0.297. The summed E-state index contributed by atoms with van der Waals surface area (Å²) in [5, 5.41) is 13.2. The van der Waals surface area contributed by atoms with Crippen molar-refractivity contribution in [3.63, 3.8) is 0 Å². The first-order valence-electron chi connectivity index (χ1n) is 11.7. The molecule has 5 rings (SSSR count). The number of para-hydroxylation sites is 1. The summed E-state index contributed by atoms with van der Waals surface area (Å²) in [6.45, 7) is 2.49. The van der Waals surface area contributed by atoms with Gasteiger partial charge < -0.3 is 19.9 Å². The SMILES string of the molecule is COCCOc1ccc2c(c1)ncn2-c1ccc2cccc(-c3ccc(CNCCO)cc3)c2n1. The van der Waals surface area contributed by atoms with E-state index in [9.17, 15) is 0 Å². The second-order valence-electron chi connectivity index (χ2n) is 8.25. The van der Waals surface area contributed by atoms with Gasteiger partial charge in [0.15, 0.2) is 0 Å². The van der Waals surface area contributed by atoms with Crippen LogP contribution in [0.25, 0.3) is 38.9 Å². The second-order valence-corrected chi connectivity index (χ2v) is 8.25. The Morgan fingerprint density at radius 3 is 2.69 bits per heavy atom. The third kappa shape index (κ3) is 5.02. The van der Waals surface area contributed by atoms with E-state index in [2.05, 4.69) is 58.8 Å². The molecule has 0 aliphatic heterocycles. The summed E-state index contributed by atoms with van der Waals surface area (Å²) < 4.78 is 12.8. The van der Waals surface area contributed by atoms with Crippen LogP contribution < -0.4 is 10.1 Å². The molecule has 0 fully saturated rings. The fraction of sp³-hybridized carbons (Fsp3) is 0.214. The Balaban J connectivity index is 1.47. The Morgan fingerprint density at radius 1 is 0.971 bits per heavy atom. The van der Waals surface area contributed by atoms with Crippen LogP contribution in [0.4, 0.5) is 0 Å². The smallest absolute Gasteiger partial charge is 0.139 e. The number of ether oxygens (including phenoxy) is 2. The number of methoxy groups -OCH3 is 1. The van der Waals surface area contributed by atoms with Crippen molar-refractivity contribution < 1.29 is 14.6 Å². The van der Waals surface area contributed by atoms with Gasteiger partial charge in [0.05, 0.1) is 29.8 Å². The molecule has 0 atom stereocenters. The molecule has 35 heavy (non-hydrogen) atoms. The van der Waals surface area contributed by atoms with Gasteiger partial charge in [-0.3, -0.25) is 4.57 Å². The van der Waals surface area contributed by atoms with Crippen LogP contribution in [0.5, 0.6) is 5.75 Å². The van der Waals surface area contributed by atoms with E-state index < -0.39 is 0 Å². The zero-order valence-corrected chi connectivity index (χ0v) is 19.6. The number of rotatable bonds is 10. The van der Waals surface area contributed by atoms with Gasteiger partial charge in [0, 0.05) is 37.2 Å². The molecule has 0 bridgehead atoms. The van der Waals surface area contributed by atoms with Crippen LogP contribution in [0.1, 0.15) is 5.56 Å². The molecule has 7 heteroatoms. The Labute approximate surface area is 204 Å². The molecule has 0 aliphatic rings. The molecule has 0 radical (unpaired) electrons. The maximum absolute atomic E-state index is 8.95. The highest BCUT2D eigenvalue weighted by molar-refractivity contribution is 5.94. The first-order valence-corrected chi connectivity index (χ1v) is 11.7. The summed E-state index contributed by atoms with van der Waals surface area (Å²) in [6.07, 6.45) is 1.80. The van der Waals surface area contributed by atoms with E-state index >= 15 is 0 Å². The maximum Gasteiger partial charge on any atom is 0.139 e. The van der Waals surface area contributed by atoms with Gasteiger partial charge in [0.25, 0.3) is 0 Å². The van der Waals surface area contributed by atoms with Crippen LogP contribution in [0.15, 0.2) is 79.1 Å². The van der Waals surface area contributed by atoms with Crippen LogP contribution in [-0.2, 0) is 11.3 Å². The number of aromatic nitrogens is 3. The minimum atomic E-state index is 0.137. The fourth-order valence-electron chi connectivity index (χ4n) is 4.13. The van der Waals surface area contributed by atoms with Crippen LogP contribution in [0.3, 0.4) is 0 Å². The Hall–Kier alpha value is -3.78. The highest BCUT2D eigenvalue weighted by atomic mass is 16.5. The fourth-order valence-corrected chi connectivity index (χ4v) is 4.13. The molecule has 178 valence electrons. The second kappa shape index (κ2) is 10.7. The molecule has 2 N–H and O–H groups in total. The molecule has 0 amide bonds. The highest BCUT2D eigenvalue weighted by Crippen LogP contribution is 2.29. The third-order valence-corrected chi connectivity index (χ3v) is 5.91. The van der Waals surface area contributed by atoms with Gasteiger partial charge in [0.1, 0.15) is 24.5 Å². The molecule has 5 aromatic rings. The Bertz CT molecular complexity index is 1430. The molecule has 3 aromatic carbocycles. The van der Waals surface area contributed by atoms with Crippen molar-refractivity contribution in [3.8, 4) is 22.7 Å². The van der Waals surface area contributed by atoms with Gasteiger partial charge in [-0.2, -0.15) is 0 Å². The summed E-state index contributed by atoms with van der Waals surface area (Å²) in [5.74, 6) is 1.58. The van der Waals surface area contributed by atoms with Gasteiger partial charge in [0.2, 0.25) is 0 Å².